The first-order chi connectivity index (χ1) is 16.8. The molecule has 6 nitrogen and oxygen atoms in total. The summed E-state index contributed by atoms with van der Waals surface area (Å²) in [6, 6.07) is 19.4. The number of carbonyl (C=O) groups excluding carboxylic acids is 1. The number of carbonyl (C=O) groups is 1. The van der Waals surface area contributed by atoms with Crippen LogP contribution < -0.4 is 15.4 Å². The number of fused-ring (bicyclic) bond motifs is 1. The highest BCUT2D eigenvalue weighted by molar-refractivity contribution is 7.80. The molecule has 1 atom stereocenters. The first kappa shape index (κ1) is 24.4. The number of benzene rings is 3. The standard InChI is InChI=1S/C28H29N3O3S/c1-5-17(2)21-9-13-25-24(15-21)30-27(34-25)20-7-10-22(11-8-20)29-28(35)31-26(32)16-33-23-12-6-18(3)19(4)14-23/h6-15,17H,5,16H2,1-4H3,(H2,29,31,32,35)/t17-/m1/s1. The predicted molar refractivity (Wildman–Crippen MR) is 144 cm³/mol. The van der Waals surface area contributed by atoms with Gasteiger partial charge in [-0.25, -0.2) is 4.98 Å². The zero-order valence-corrected chi connectivity index (χ0v) is 21.2. The predicted octanol–water partition coefficient (Wildman–Crippen LogP) is 6.52. The number of oxazole rings is 1. The lowest BCUT2D eigenvalue weighted by Crippen LogP contribution is -2.37. The van der Waals surface area contributed by atoms with Crippen molar-refractivity contribution in [3.8, 4) is 17.2 Å². The van der Waals surface area contributed by atoms with Crippen molar-refractivity contribution in [3.63, 3.8) is 0 Å². The summed E-state index contributed by atoms with van der Waals surface area (Å²) in [4.78, 5) is 16.9. The van der Waals surface area contributed by atoms with Gasteiger partial charge < -0.3 is 14.5 Å². The van der Waals surface area contributed by atoms with E-state index in [1.807, 2.05) is 62.4 Å². The third-order valence-electron chi connectivity index (χ3n) is 6.08. The molecule has 180 valence electrons. The smallest absolute Gasteiger partial charge is 0.264 e. The second-order valence-electron chi connectivity index (χ2n) is 8.67. The molecule has 0 aliphatic carbocycles. The molecule has 0 saturated heterocycles. The van der Waals surface area contributed by atoms with Crippen molar-refractivity contribution in [2.24, 2.45) is 0 Å². The van der Waals surface area contributed by atoms with Crippen molar-refractivity contribution in [2.45, 2.75) is 40.0 Å². The first-order valence-electron chi connectivity index (χ1n) is 11.6. The van der Waals surface area contributed by atoms with E-state index in [1.54, 1.807) is 0 Å². The highest BCUT2D eigenvalue weighted by Crippen LogP contribution is 2.28. The minimum Gasteiger partial charge on any atom is -0.484 e. The molecule has 1 heterocycles. The molecule has 4 aromatic rings. The van der Waals surface area contributed by atoms with E-state index in [9.17, 15) is 4.79 Å². The summed E-state index contributed by atoms with van der Waals surface area (Å²) < 4.78 is 11.5. The van der Waals surface area contributed by atoms with E-state index in [-0.39, 0.29) is 17.6 Å². The van der Waals surface area contributed by atoms with Gasteiger partial charge in [0.25, 0.3) is 5.91 Å². The molecule has 1 amide bonds. The fraction of sp³-hybridized carbons (Fsp3) is 0.250. The SMILES string of the molecule is CC[C@@H](C)c1ccc2oc(-c3ccc(NC(=S)NC(=O)COc4ccc(C)c(C)c4)cc3)nc2c1. The number of nitrogens with zero attached hydrogens (tertiary/aromatic N) is 1. The van der Waals surface area contributed by atoms with Crippen LogP contribution in [0.15, 0.2) is 65.1 Å². The molecule has 0 aliphatic heterocycles. The maximum Gasteiger partial charge on any atom is 0.264 e. The summed E-state index contributed by atoms with van der Waals surface area (Å²) >= 11 is 5.26. The molecule has 0 saturated carbocycles. The number of hydrogen-bond donors (Lipinski definition) is 2. The lowest BCUT2D eigenvalue weighted by atomic mass is 9.98. The van der Waals surface area contributed by atoms with Crippen molar-refractivity contribution in [3.05, 3.63) is 77.4 Å². The van der Waals surface area contributed by atoms with Crippen LogP contribution in [-0.2, 0) is 4.79 Å². The Morgan fingerprint density at radius 1 is 1.06 bits per heavy atom. The lowest BCUT2D eigenvalue weighted by molar-refractivity contribution is -0.121. The van der Waals surface area contributed by atoms with Gasteiger partial charge in [-0.15, -0.1) is 0 Å². The highest BCUT2D eigenvalue weighted by Gasteiger charge is 2.12. The topological polar surface area (TPSA) is 76.4 Å². The molecule has 7 heteroatoms. The Morgan fingerprint density at radius 3 is 2.54 bits per heavy atom. The molecule has 3 aromatic carbocycles. The summed E-state index contributed by atoms with van der Waals surface area (Å²) in [5, 5.41) is 5.85. The van der Waals surface area contributed by atoms with Crippen LogP contribution in [0.1, 0.15) is 42.9 Å². The third-order valence-corrected chi connectivity index (χ3v) is 6.29. The Labute approximate surface area is 210 Å². The van der Waals surface area contributed by atoms with E-state index < -0.39 is 0 Å². The van der Waals surface area contributed by atoms with Gasteiger partial charge in [-0.05, 0) is 104 Å². The second kappa shape index (κ2) is 10.7. The minimum absolute atomic E-state index is 0.125. The number of aryl methyl sites for hydroxylation is 2. The van der Waals surface area contributed by atoms with Gasteiger partial charge in [0, 0.05) is 11.3 Å². The normalized spacial score (nSPS) is 11.8. The highest BCUT2D eigenvalue weighted by atomic mass is 32.1. The monoisotopic (exact) mass is 487 g/mol. The van der Waals surface area contributed by atoms with Crippen molar-refractivity contribution < 1.29 is 13.9 Å². The van der Waals surface area contributed by atoms with Crippen LogP contribution >= 0.6 is 12.2 Å². The quantitative estimate of drug-likeness (QED) is 0.289. The maximum atomic E-state index is 12.2. The maximum absolute atomic E-state index is 12.2. The van der Waals surface area contributed by atoms with E-state index in [0.29, 0.717) is 17.6 Å². The van der Waals surface area contributed by atoms with Crippen LogP contribution in [-0.4, -0.2) is 22.6 Å². The number of thiocarbonyl (C=S) groups is 1. The van der Waals surface area contributed by atoms with Gasteiger partial charge in [0.05, 0.1) is 0 Å². The van der Waals surface area contributed by atoms with Gasteiger partial charge in [0.15, 0.2) is 17.3 Å². The van der Waals surface area contributed by atoms with Crippen LogP contribution in [0.3, 0.4) is 0 Å². The first-order valence-corrected chi connectivity index (χ1v) is 12.0. The van der Waals surface area contributed by atoms with Crippen molar-refractivity contribution in [1.29, 1.82) is 0 Å². The number of nitrogens with one attached hydrogen (secondary N) is 2. The molecule has 0 aliphatic rings. The van der Waals surface area contributed by atoms with Crippen LogP contribution in [0.4, 0.5) is 5.69 Å². The van der Waals surface area contributed by atoms with Gasteiger partial charge in [0.2, 0.25) is 5.89 Å². The minimum atomic E-state index is -0.333. The molecule has 1 aromatic heterocycles. The molecule has 4 rings (SSSR count). The number of rotatable bonds is 7. The van der Waals surface area contributed by atoms with Crippen LogP contribution in [0.2, 0.25) is 0 Å². The Balaban J connectivity index is 1.33. The van der Waals surface area contributed by atoms with E-state index in [4.69, 9.17) is 21.4 Å². The lowest BCUT2D eigenvalue weighted by Gasteiger charge is -2.11. The summed E-state index contributed by atoms with van der Waals surface area (Å²) in [5.41, 5.74) is 6.75. The molecule has 2 N–H and O–H groups in total. The van der Waals surface area contributed by atoms with E-state index in [0.717, 1.165) is 34.3 Å². The van der Waals surface area contributed by atoms with E-state index in [2.05, 4.69) is 41.6 Å². The number of anilines is 1. The van der Waals surface area contributed by atoms with Gasteiger partial charge in [0.1, 0.15) is 11.3 Å². The molecule has 0 bridgehead atoms. The van der Waals surface area contributed by atoms with Crippen molar-refractivity contribution in [2.75, 3.05) is 11.9 Å². The molecular formula is C28H29N3O3S. The summed E-state index contributed by atoms with van der Waals surface area (Å²) in [6.07, 6.45) is 1.08. The summed E-state index contributed by atoms with van der Waals surface area (Å²) in [6.45, 7) is 8.29. The van der Waals surface area contributed by atoms with Crippen molar-refractivity contribution >= 4 is 40.0 Å². The second-order valence-corrected chi connectivity index (χ2v) is 9.08. The molecule has 0 spiro atoms. The fourth-order valence-electron chi connectivity index (χ4n) is 3.58. The number of amides is 1. The largest absolute Gasteiger partial charge is 0.484 e. The Morgan fingerprint density at radius 2 is 1.83 bits per heavy atom. The Kier molecular flexibility index (Phi) is 7.46. The Hall–Kier alpha value is -3.71. The average Bonchev–Trinajstić information content (AvgIpc) is 3.28. The van der Waals surface area contributed by atoms with Gasteiger partial charge in [-0.2, -0.15) is 0 Å². The number of hydrogen-bond acceptors (Lipinski definition) is 5. The van der Waals surface area contributed by atoms with Crippen molar-refractivity contribution in [1.82, 2.24) is 10.3 Å². The zero-order chi connectivity index (χ0) is 24.9. The summed E-state index contributed by atoms with van der Waals surface area (Å²) in [5.74, 6) is 1.36. The number of aromatic nitrogens is 1. The van der Waals surface area contributed by atoms with E-state index in [1.165, 1.54) is 11.1 Å². The molecule has 0 unspecified atom stereocenters. The molecular weight excluding hydrogens is 458 g/mol. The van der Waals surface area contributed by atoms with Gasteiger partial charge in [-0.1, -0.05) is 26.0 Å². The summed E-state index contributed by atoms with van der Waals surface area (Å²) in [7, 11) is 0. The van der Waals surface area contributed by atoms with Crippen LogP contribution in [0.5, 0.6) is 5.75 Å². The van der Waals surface area contributed by atoms with Gasteiger partial charge >= 0.3 is 0 Å². The van der Waals surface area contributed by atoms with Gasteiger partial charge in [-0.3, -0.25) is 10.1 Å². The Bertz CT molecular complexity index is 1360. The third kappa shape index (κ3) is 6.05. The fourth-order valence-corrected chi connectivity index (χ4v) is 3.82. The van der Waals surface area contributed by atoms with Crippen LogP contribution in [0, 0.1) is 13.8 Å². The molecule has 35 heavy (non-hydrogen) atoms. The van der Waals surface area contributed by atoms with E-state index >= 15 is 0 Å². The number of ether oxygens (including phenoxy) is 1. The molecule has 0 fully saturated rings. The van der Waals surface area contributed by atoms with Crippen LogP contribution in [0.25, 0.3) is 22.6 Å². The molecule has 0 radical (unpaired) electrons. The zero-order valence-electron chi connectivity index (χ0n) is 20.3. The average molecular weight is 488 g/mol.